The molecule has 0 atom stereocenters. The van der Waals surface area contributed by atoms with E-state index in [0.717, 1.165) is 24.6 Å². The zero-order chi connectivity index (χ0) is 14.9. The van der Waals surface area contributed by atoms with Crippen LogP contribution in [0.3, 0.4) is 0 Å². The third kappa shape index (κ3) is 2.82. The van der Waals surface area contributed by atoms with Gasteiger partial charge in [-0.3, -0.25) is 9.69 Å². The summed E-state index contributed by atoms with van der Waals surface area (Å²) in [6.07, 6.45) is 0. The molecule has 0 radical (unpaired) electrons. The zero-order valence-electron chi connectivity index (χ0n) is 11.9. The Morgan fingerprint density at radius 1 is 1.35 bits per heavy atom. The summed E-state index contributed by atoms with van der Waals surface area (Å²) < 4.78 is 3.82. The molecular formula is C12H19N5OS2. The quantitative estimate of drug-likeness (QED) is 0.827. The average molecular weight is 313 g/mol. The first-order chi connectivity index (χ1) is 9.34. The molecule has 1 amide bonds. The molecule has 0 unspecified atom stereocenters. The Balaban J connectivity index is 2.00. The lowest BCUT2D eigenvalue weighted by molar-refractivity contribution is 0.0543. The van der Waals surface area contributed by atoms with Crippen LogP contribution in [0.4, 0.5) is 0 Å². The van der Waals surface area contributed by atoms with Gasteiger partial charge in [-0.05, 0) is 32.3 Å². The molecule has 1 aromatic rings. The molecule has 1 saturated heterocycles. The third-order valence-corrected chi connectivity index (χ3v) is 5.12. The Morgan fingerprint density at radius 3 is 2.40 bits per heavy atom. The third-order valence-electron chi connectivity index (χ3n) is 3.81. The number of aromatic nitrogens is 2. The number of hydrogen-bond donors (Lipinski definition) is 1. The lowest BCUT2D eigenvalue weighted by Crippen LogP contribution is -2.59. The molecule has 110 valence electrons. The van der Waals surface area contributed by atoms with Crippen LogP contribution in [0.5, 0.6) is 0 Å². The fourth-order valence-electron chi connectivity index (χ4n) is 2.20. The number of rotatable bonds is 3. The van der Waals surface area contributed by atoms with Crippen molar-refractivity contribution in [1.29, 1.82) is 0 Å². The van der Waals surface area contributed by atoms with Crippen LogP contribution in [-0.4, -0.2) is 62.0 Å². The maximum absolute atomic E-state index is 12.4. The van der Waals surface area contributed by atoms with E-state index in [0.29, 0.717) is 28.6 Å². The maximum atomic E-state index is 12.4. The summed E-state index contributed by atoms with van der Waals surface area (Å²) in [6.45, 7) is 8.71. The van der Waals surface area contributed by atoms with E-state index in [1.807, 2.05) is 25.7 Å². The van der Waals surface area contributed by atoms with Gasteiger partial charge in [-0.2, -0.15) is 0 Å². The lowest BCUT2D eigenvalue weighted by atomic mass is 10.0. The highest BCUT2D eigenvalue weighted by atomic mass is 32.1. The monoisotopic (exact) mass is 313 g/mol. The van der Waals surface area contributed by atoms with E-state index in [2.05, 4.69) is 14.5 Å². The molecule has 1 fully saturated rings. The van der Waals surface area contributed by atoms with E-state index < -0.39 is 0 Å². The Bertz CT molecular complexity index is 520. The predicted molar refractivity (Wildman–Crippen MR) is 83.0 cm³/mol. The van der Waals surface area contributed by atoms with Crippen LogP contribution >= 0.6 is 23.8 Å². The zero-order valence-corrected chi connectivity index (χ0v) is 13.6. The van der Waals surface area contributed by atoms with Crippen molar-refractivity contribution in [3.05, 3.63) is 10.6 Å². The van der Waals surface area contributed by atoms with Crippen LogP contribution in [0.2, 0.25) is 0 Å². The molecule has 20 heavy (non-hydrogen) atoms. The van der Waals surface area contributed by atoms with Gasteiger partial charge in [-0.25, -0.2) is 0 Å². The summed E-state index contributed by atoms with van der Waals surface area (Å²) in [7, 11) is 0. The first kappa shape index (κ1) is 15.3. The smallest absolute Gasteiger partial charge is 0.267 e. The summed E-state index contributed by atoms with van der Waals surface area (Å²) >= 11 is 6.27. The summed E-state index contributed by atoms with van der Waals surface area (Å²) in [5.74, 6) is 0.0188. The minimum absolute atomic E-state index is 0.0188. The van der Waals surface area contributed by atoms with Crippen molar-refractivity contribution in [2.45, 2.75) is 26.3 Å². The van der Waals surface area contributed by atoms with Crippen LogP contribution in [0.1, 0.15) is 29.2 Å². The average Bonchev–Trinajstić information content (AvgIpc) is 2.84. The Labute approximate surface area is 128 Å². The molecule has 2 rings (SSSR count). The summed E-state index contributed by atoms with van der Waals surface area (Å²) in [5.41, 5.74) is 6.17. The van der Waals surface area contributed by atoms with E-state index in [4.69, 9.17) is 18.0 Å². The van der Waals surface area contributed by atoms with Gasteiger partial charge in [0.25, 0.3) is 5.91 Å². The van der Waals surface area contributed by atoms with Gasteiger partial charge >= 0.3 is 0 Å². The molecule has 6 nitrogen and oxygen atoms in total. The van der Waals surface area contributed by atoms with Crippen molar-refractivity contribution in [2.75, 3.05) is 26.2 Å². The molecule has 1 aromatic heterocycles. The molecule has 2 heterocycles. The minimum Gasteiger partial charge on any atom is -0.392 e. The number of nitrogens with two attached hydrogens (primary N) is 1. The molecule has 0 bridgehead atoms. The number of thiocarbonyl (C=S) groups is 1. The van der Waals surface area contributed by atoms with E-state index in [-0.39, 0.29) is 11.4 Å². The Morgan fingerprint density at radius 2 is 1.95 bits per heavy atom. The largest absolute Gasteiger partial charge is 0.392 e. The standard InChI is InChI=1S/C12H19N5OS2/c1-8-9(20-15-14-8)10(18)16-4-6-17(7-5-16)12(2,3)11(13)19/h4-7H2,1-3H3,(H2,13,19). The molecule has 0 saturated carbocycles. The maximum Gasteiger partial charge on any atom is 0.267 e. The highest BCUT2D eigenvalue weighted by Gasteiger charge is 2.34. The number of carbonyl (C=O) groups excluding carboxylic acids is 1. The fourth-order valence-corrected chi connectivity index (χ4v) is 2.95. The second-order valence-electron chi connectivity index (χ2n) is 5.39. The second kappa shape index (κ2) is 5.71. The number of aryl methyl sites for hydroxylation is 1. The van der Waals surface area contributed by atoms with Crippen LogP contribution < -0.4 is 5.73 Å². The first-order valence-corrected chi connectivity index (χ1v) is 7.65. The minimum atomic E-state index is -0.313. The van der Waals surface area contributed by atoms with E-state index in [1.165, 1.54) is 0 Å². The highest BCUT2D eigenvalue weighted by Crippen LogP contribution is 2.19. The number of piperazine rings is 1. The Kier molecular flexibility index (Phi) is 4.36. The van der Waals surface area contributed by atoms with Crippen molar-refractivity contribution in [3.8, 4) is 0 Å². The van der Waals surface area contributed by atoms with Crippen molar-refractivity contribution >= 4 is 34.6 Å². The van der Waals surface area contributed by atoms with Gasteiger partial charge < -0.3 is 10.6 Å². The Hall–Kier alpha value is -1.12. The molecule has 0 spiro atoms. The van der Waals surface area contributed by atoms with Crippen molar-refractivity contribution < 1.29 is 4.79 Å². The van der Waals surface area contributed by atoms with Crippen molar-refractivity contribution in [3.63, 3.8) is 0 Å². The topological polar surface area (TPSA) is 75.4 Å². The number of amides is 1. The van der Waals surface area contributed by atoms with E-state index >= 15 is 0 Å². The van der Waals surface area contributed by atoms with Gasteiger partial charge in [0.05, 0.1) is 16.2 Å². The van der Waals surface area contributed by atoms with Gasteiger partial charge in [0.1, 0.15) is 4.88 Å². The van der Waals surface area contributed by atoms with Gasteiger partial charge in [0, 0.05) is 26.2 Å². The highest BCUT2D eigenvalue weighted by molar-refractivity contribution is 7.80. The molecule has 0 aromatic carbocycles. The molecule has 1 aliphatic rings. The number of carbonyl (C=O) groups is 1. The number of nitrogens with zero attached hydrogens (tertiary/aromatic N) is 4. The van der Waals surface area contributed by atoms with E-state index in [1.54, 1.807) is 0 Å². The molecular weight excluding hydrogens is 294 g/mol. The molecule has 8 heteroatoms. The normalized spacial score (nSPS) is 17.2. The molecule has 2 N–H and O–H groups in total. The van der Waals surface area contributed by atoms with E-state index in [9.17, 15) is 4.79 Å². The van der Waals surface area contributed by atoms with Crippen LogP contribution in [0, 0.1) is 6.92 Å². The molecule has 0 aliphatic carbocycles. The lowest BCUT2D eigenvalue weighted by Gasteiger charge is -2.43. The van der Waals surface area contributed by atoms with Crippen molar-refractivity contribution in [2.24, 2.45) is 5.73 Å². The van der Waals surface area contributed by atoms with Crippen molar-refractivity contribution in [1.82, 2.24) is 19.4 Å². The van der Waals surface area contributed by atoms with Gasteiger partial charge in [0.15, 0.2) is 0 Å². The molecule has 1 aliphatic heterocycles. The van der Waals surface area contributed by atoms with Gasteiger partial charge in [-0.1, -0.05) is 16.7 Å². The van der Waals surface area contributed by atoms with Crippen LogP contribution in [-0.2, 0) is 0 Å². The summed E-state index contributed by atoms with van der Waals surface area (Å²) in [5, 5.41) is 3.89. The SMILES string of the molecule is Cc1nnsc1C(=O)N1CCN(C(C)(C)C(N)=S)CC1. The number of hydrogen-bond acceptors (Lipinski definition) is 6. The van der Waals surface area contributed by atoms with Gasteiger partial charge in [0.2, 0.25) is 0 Å². The summed E-state index contributed by atoms with van der Waals surface area (Å²) in [6, 6.07) is 0. The van der Waals surface area contributed by atoms with Crippen LogP contribution in [0.25, 0.3) is 0 Å². The summed E-state index contributed by atoms with van der Waals surface area (Å²) in [4.78, 5) is 17.5. The predicted octanol–water partition coefficient (Wildman–Crippen LogP) is 0.669. The first-order valence-electron chi connectivity index (χ1n) is 6.47. The fraction of sp³-hybridized carbons (Fsp3) is 0.667. The second-order valence-corrected chi connectivity index (χ2v) is 6.58. The van der Waals surface area contributed by atoms with Gasteiger partial charge in [-0.15, -0.1) is 5.10 Å². The van der Waals surface area contributed by atoms with Crippen LogP contribution in [0.15, 0.2) is 0 Å².